The lowest BCUT2D eigenvalue weighted by Gasteiger charge is -2.39. The summed E-state index contributed by atoms with van der Waals surface area (Å²) >= 11 is 0. The van der Waals surface area contributed by atoms with Crippen molar-refractivity contribution in [1.82, 2.24) is 4.90 Å². The molecule has 0 aliphatic carbocycles. The standard InChI is InChI=1S/C12H13NO/c1-2-12(13-8-11(14)9-13)10-6-4-3-5-7-10/h1,3-7,11-12,14H,8-9H2. The number of nitrogens with zero attached hydrogens (tertiary/aromatic N) is 1. The molecule has 0 bridgehead atoms. The molecule has 0 aromatic heterocycles. The van der Waals surface area contributed by atoms with E-state index in [9.17, 15) is 5.11 Å². The number of hydrogen-bond acceptors (Lipinski definition) is 2. The quantitative estimate of drug-likeness (QED) is 0.699. The Morgan fingerprint density at radius 3 is 2.50 bits per heavy atom. The third-order valence-electron chi connectivity index (χ3n) is 2.53. The van der Waals surface area contributed by atoms with Crippen molar-refractivity contribution < 1.29 is 5.11 Å². The third kappa shape index (κ3) is 1.65. The van der Waals surface area contributed by atoms with Gasteiger partial charge in [0.2, 0.25) is 0 Å². The Morgan fingerprint density at radius 2 is 2.00 bits per heavy atom. The molecule has 2 nitrogen and oxygen atoms in total. The Kier molecular flexibility index (Phi) is 2.53. The molecule has 1 N–H and O–H groups in total. The topological polar surface area (TPSA) is 23.5 Å². The molecule has 72 valence electrons. The fourth-order valence-electron chi connectivity index (χ4n) is 1.75. The predicted molar refractivity (Wildman–Crippen MR) is 55.6 cm³/mol. The van der Waals surface area contributed by atoms with E-state index < -0.39 is 0 Å². The highest BCUT2D eigenvalue weighted by molar-refractivity contribution is 5.26. The molecule has 0 spiro atoms. The number of likely N-dealkylation sites (tertiary alicyclic amines) is 1. The van der Waals surface area contributed by atoms with Gasteiger partial charge in [0.15, 0.2) is 0 Å². The molecule has 1 aromatic rings. The van der Waals surface area contributed by atoms with Gasteiger partial charge in [-0.1, -0.05) is 36.3 Å². The van der Waals surface area contributed by atoms with Gasteiger partial charge in [-0.25, -0.2) is 0 Å². The summed E-state index contributed by atoms with van der Waals surface area (Å²) in [6.07, 6.45) is 5.29. The van der Waals surface area contributed by atoms with E-state index in [1.165, 1.54) is 0 Å². The van der Waals surface area contributed by atoms with Crippen LogP contribution in [0.15, 0.2) is 30.3 Å². The molecule has 1 atom stereocenters. The molecule has 1 fully saturated rings. The number of hydrogen-bond donors (Lipinski definition) is 1. The minimum absolute atomic E-state index is 0.0135. The summed E-state index contributed by atoms with van der Waals surface area (Å²) in [4.78, 5) is 2.10. The largest absolute Gasteiger partial charge is 0.390 e. The van der Waals surface area contributed by atoms with Gasteiger partial charge in [0.1, 0.15) is 0 Å². The number of rotatable bonds is 2. The first kappa shape index (κ1) is 9.26. The van der Waals surface area contributed by atoms with Crippen LogP contribution >= 0.6 is 0 Å². The van der Waals surface area contributed by atoms with E-state index in [4.69, 9.17) is 6.42 Å². The van der Waals surface area contributed by atoms with E-state index in [0.29, 0.717) is 13.1 Å². The summed E-state index contributed by atoms with van der Waals surface area (Å²) in [6.45, 7) is 1.37. The summed E-state index contributed by atoms with van der Waals surface area (Å²) in [5, 5.41) is 9.20. The Bertz CT molecular complexity index is 335. The van der Waals surface area contributed by atoms with Crippen LogP contribution in [-0.4, -0.2) is 29.2 Å². The van der Waals surface area contributed by atoms with Gasteiger partial charge in [0.25, 0.3) is 0 Å². The van der Waals surface area contributed by atoms with E-state index in [1.54, 1.807) is 0 Å². The molecule has 2 rings (SSSR count). The van der Waals surface area contributed by atoms with Gasteiger partial charge in [0, 0.05) is 13.1 Å². The molecule has 1 aromatic carbocycles. The fraction of sp³-hybridized carbons (Fsp3) is 0.333. The highest BCUT2D eigenvalue weighted by Crippen LogP contribution is 2.24. The highest BCUT2D eigenvalue weighted by Gasteiger charge is 2.30. The van der Waals surface area contributed by atoms with Crippen LogP contribution in [0.25, 0.3) is 0 Å². The summed E-state index contributed by atoms with van der Waals surface area (Å²) in [5.74, 6) is 2.76. The Balaban J connectivity index is 2.12. The number of aliphatic hydroxyl groups is 1. The maximum atomic E-state index is 9.20. The van der Waals surface area contributed by atoms with Crippen molar-refractivity contribution in [1.29, 1.82) is 0 Å². The zero-order valence-electron chi connectivity index (χ0n) is 7.93. The molecule has 1 aliphatic heterocycles. The molecule has 0 amide bonds. The second-order valence-corrected chi connectivity index (χ2v) is 3.59. The van der Waals surface area contributed by atoms with Crippen LogP contribution in [0.3, 0.4) is 0 Å². The molecule has 1 aliphatic rings. The summed E-state index contributed by atoms with van der Waals surface area (Å²) in [6, 6.07) is 10.00. The average molecular weight is 187 g/mol. The third-order valence-corrected chi connectivity index (χ3v) is 2.53. The first-order chi connectivity index (χ1) is 6.81. The van der Waals surface area contributed by atoms with E-state index in [2.05, 4.69) is 10.8 Å². The molecule has 1 unspecified atom stereocenters. The minimum atomic E-state index is -0.199. The van der Waals surface area contributed by atoms with Crippen molar-refractivity contribution in [3.8, 4) is 12.3 Å². The lowest BCUT2D eigenvalue weighted by molar-refractivity contribution is -0.0122. The molecular weight excluding hydrogens is 174 g/mol. The second kappa shape index (κ2) is 3.83. The molecule has 1 heterocycles. The lowest BCUT2D eigenvalue weighted by atomic mass is 10.0. The molecule has 0 radical (unpaired) electrons. The number of terminal acetylenes is 1. The summed E-state index contributed by atoms with van der Waals surface area (Å²) in [7, 11) is 0. The fourth-order valence-corrected chi connectivity index (χ4v) is 1.75. The van der Waals surface area contributed by atoms with Crippen molar-refractivity contribution in [3.05, 3.63) is 35.9 Å². The van der Waals surface area contributed by atoms with Crippen LogP contribution in [0.5, 0.6) is 0 Å². The highest BCUT2D eigenvalue weighted by atomic mass is 16.3. The van der Waals surface area contributed by atoms with E-state index in [0.717, 1.165) is 5.56 Å². The molecule has 2 heteroatoms. The maximum Gasteiger partial charge on any atom is 0.0969 e. The first-order valence-corrected chi connectivity index (χ1v) is 4.74. The van der Waals surface area contributed by atoms with Crippen LogP contribution in [0, 0.1) is 12.3 Å². The number of aliphatic hydroxyl groups excluding tert-OH is 1. The van der Waals surface area contributed by atoms with E-state index in [1.807, 2.05) is 30.3 Å². The molecule has 1 saturated heterocycles. The smallest absolute Gasteiger partial charge is 0.0969 e. The molecule has 14 heavy (non-hydrogen) atoms. The summed E-state index contributed by atoms with van der Waals surface area (Å²) in [5.41, 5.74) is 1.13. The average Bonchev–Trinajstić information content (AvgIpc) is 2.18. The zero-order valence-corrected chi connectivity index (χ0v) is 7.93. The Morgan fingerprint density at radius 1 is 1.36 bits per heavy atom. The van der Waals surface area contributed by atoms with Gasteiger partial charge < -0.3 is 5.11 Å². The van der Waals surface area contributed by atoms with E-state index in [-0.39, 0.29) is 12.1 Å². The Labute approximate surface area is 84.2 Å². The second-order valence-electron chi connectivity index (χ2n) is 3.59. The normalized spacial score (nSPS) is 19.7. The van der Waals surface area contributed by atoms with Gasteiger partial charge in [0.05, 0.1) is 12.1 Å². The van der Waals surface area contributed by atoms with Crippen LogP contribution in [-0.2, 0) is 0 Å². The number of β-amino-alcohol motifs (C(OH)–C–C–N with tert-alkyl or cyclic N) is 1. The van der Waals surface area contributed by atoms with Crippen molar-refractivity contribution in [2.45, 2.75) is 12.1 Å². The SMILES string of the molecule is C#CC(c1ccccc1)N1CC(O)C1. The molecule has 0 saturated carbocycles. The Hall–Kier alpha value is -1.30. The van der Waals surface area contributed by atoms with Crippen molar-refractivity contribution in [2.24, 2.45) is 0 Å². The van der Waals surface area contributed by atoms with Crippen molar-refractivity contribution in [2.75, 3.05) is 13.1 Å². The van der Waals surface area contributed by atoms with Crippen LogP contribution in [0.2, 0.25) is 0 Å². The summed E-state index contributed by atoms with van der Waals surface area (Å²) < 4.78 is 0. The van der Waals surface area contributed by atoms with Crippen LogP contribution in [0.4, 0.5) is 0 Å². The number of benzene rings is 1. The first-order valence-electron chi connectivity index (χ1n) is 4.74. The van der Waals surface area contributed by atoms with Gasteiger partial charge >= 0.3 is 0 Å². The van der Waals surface area contributed by atoms with E-state index >= 15 is 0 Å². The monoisotopic (exact) mass is 187 g/mol. The maximum absolute atomic E-state index is 9.20. The van der Waals surface area contributed by atoms with Crippen molar-refractivity contribution >= 4 is 0 Å². The minimum Gasteiger partial charge on any atom is -0.390 e. The predicted octanol–water partition coefficient (Wildman–Crippen LogP) is 1.04. The molecular formula is C12H13NO. The van der Waals surface area contributed by atoms with Gasteiger partial charge in [-0.2, -0.15) is 0 Å². The van der Waals surface area contributed by atoms with Crippen LogP contribution < -0.4 is 0 Å². The van der Waals surface area contributed by atoms with Crippen molar-refractivity contribution in [3.63, 3.8) is 0 Å². The van der Waals surface area contributed by atoms with Gasteiger partial charge in [-0.05, 0) is 5.56 Å². The van der Waals surface area contributed by atoms with Crippen LogP contribution in [0.1, 0.15) is 11.6 Å². The zero-order chi connectivity index (χ0) is 9.97. The van der Waals surface area contributed by atoms with Gasteiger partial charge in [-0.15, -0.1) is 6.42 Å². The van der Waals surface area contributed by atoms with Gasteiger partial charge in [-0.3, -0.25) is 4.90 Å². The lowest BCUT2D eigenvalue weighted by Crippen LogP contribution is -2.51.